The van der Waals surface area contributed by atoms with E-state index in [9.17, 15) is 8.42 Å². The van der Waals surface area contributed by atoms with Crippen molar-refractivity contribution >= 4 is 9.84 Å². The first-order valence-corrected chi connectivity index (χ1v) is 4.77. The van der Waals surface area contributed by atoms with Gasteiger partial charge in [-0.1, -0.05) is 0 Å². The van der Waals surface area contributed by atoms with E-state index in [1.54, 1.807) is 14.0 Å². The number of hydrogen-bond donors (Lipinski definition) is 1. The quantitative estimate of drug-likeness (QED) is 0.599. The van der Waals surface area contributed by atoms with Gasteiger partial charge in [-0.05, 0) is 14.0 Å². The lowest BCUT2D eigenvalue weighted by Gasteiger charge is -2.06. The second kappa shape index (κ2) is 3.17. The standard InChI is InChI=1S/C5H13NO2S/c1-5(4-6-2)9(3,7)8/h5-6H,4H2,1-3H3. The van der Waals surface area contributed by atoms with E-state index in [1.165, 1.54) is 6.26 Å². The van der Waals surface area contributed by atoms with Crippen LogP contribution in [0.4, 0.5) is 0 Å². The molecule has 4 heteroatoms. The second-order valence-corrected chi connectivity index (χ2v) is 4.66. The van der Waals surface area contributed by atoms with E-state index >= 15 is 0 Å². The van der Waals surface area contributed by atoms with E-state index < -0.39 is 9.84 Å². The van der Waals surface area contributed by atoms with Gasteiger partial charge in [-0.15, -0.1) is 0 Å². The van der Waals surface area contributed by atoms with Crippen molar-refractivity contribution in [1.29, 1.82) is 0 Å². The van der Waals surface area contributed by atoms with Crippen molar-refractivity contribution in [3.8, 4) is 0 Å². The van der Waals surface area contributed by atoms with Gasteiger partial charge >= 0.3 is 0 Å². The van der Waals surface area contributed by atoms with Crippen molar-refractivity contribution in [2.24, 2.45) is 0 Å². The van der Waals surface area contributed by atoms with E-state index in [0.29, 0.717) is 6.54 Å². The van der Waals surface area contributed by atoms with Crippen LogP contribution in [-0.4, -0.2) is 33.5 Å². The van der Waals surface area contributed by atoms with Gasteiger partial charge in [-0.3, -0.25) is 0 Å². The summed E-state index contributed by atoms with van der Waals surface area (Å²) in [5.74, 6) is 0. The van der Waals surface area contributed by atoms with E-state index in [1.807, 2.05) is 0 Å². The Balaban J connectivity index is 3.90. The van der Waals surface area contributed by atoms with Crippen LogP contribution in [0.2, 0.25) is 0 Å². The van der Waals surface area contributed by atoms with Crippen molar-refractivity contribution in [1.82, 2.24) is 5.32 Å². The number of rotatable bonds is 3. The fourth-order valence-corrected chi connectivity index (χ4v) is 0.908. The molecule has 1 atom stereocenters. The average molecular weight is 151 g/mol. The Kier molecular flexibility index (Phi) is 3.14. The molecule has 0 amide bonds. The molecule has 0 aliphatic heterocycles. The van der Waals surface area contributed by atoms with Gasteiger partial charge in [0.1, 0.15) is 0 Å². The van der Waals surface area contributed by atoms with Gasteiger partial charge in [0.05, 0.1) is 5.25 Å². The Hall–Kier alpha value is -0.0900. The molecule has 0 rings (SSSR count). The number of hydrogen-bond acceptors (Lipinski definition) is 3. The first kappa shape index (κ1) is 8.91. The molecule has 56 valence electrons. The van der Waals surface area contributed by atoms with Crippen molar-refractivity contribution in [3.05, 3.63) is 0 Å². The molecule has 3 nitrogen and oxygen atoms in total. The normalized spacial score (nSPS) is 15.4. The van der Waals surface area contributed by atoms with Gasteiger partial charge in [0.15, 0.2) is 9.84 Å². The summed E-state index contributed by atoms with van der Waals surface area (Å²) >= 11 is 0. The third-order valence-corrected chi connectivity index (χ3v) is 2.85. The maximum Gasteiger partial charge on any atom is 0.151 e. The average Bonchev–Trinajstić information content (AvgIpc) is 1.64. The fourth-order valence-electron chi connectivity index (χ4n) is 0.439. The Bertz CT molecular complexity index is 162. The van der Waals surface area contributed by atoms with Gasteiger partial charge in [-0.2, -0.15) is 0 Å². The summed E-state index contributed by atoms with van der Waals surface area (Å²) < 4.78 is 21.4. The molecule has 1 N–H and O–H groups in total. The molecule has 0 radical (unpaired) electrons. The molecule has 0 aromatic heterocycles. The summed E-state index contributed by atoms with van der Waals surface area (Å²) in [7, 11) is -1.09. The van der Waals surface area contributed by atoms with Crippen molar-refractivity contribution in [2.75, 3.05) is 19.8 Å². The van der Waals surface area contributed by atoms with Crippen molar-refractivity contribution in [3.63, 3.8) is 0 Å². The van der Waals surface area contributed by atoms with Crippen molar-refractivity contribution in [2.45, 2.75) is 12.2 Å². The first-order chi connectivity index (χ1) is 3.98. The van der Waals surface area contributed by atoms with Crippen LogP contribution in [0.5, 0.6) is 0 Å². The molecular weight excluding hydrogens is 138 g/mol. The minimum Gasteiger partial charge on any atom is -0.318 e. The highest BCUT2D eigenvalue weighted by Crippen LogP contribution is 1.93. The summed E-state index contributed by atoms with van der Waals surface area (Å²) in [5.41, 5.74) is 0. The zero-order valence-electron chi connectivity index (χ0n) is 6.01. The van der Waals surface area contributed by atoms with E-state index in [-0.39, 0.29) is 5.25 Å². The summed E-state index contributed by atoms with van der Waals surface area (Å²) in [5, 5.41) is 2.52. The monoisotopic (exact) mass is 151 g/mol. The zero-order valence-corrected chi connectivity index (χ0v) is 6.83. The fraction of sp³-hybridized carbons (Fsp3) is 1.00. The Labute approximate surface area is 56.4 Å². The maximum atomic E-state index is 10.7. The molecule has 0 saturated carbocycles. The SMILES string of the molecule is CNCC(C)S(C)(=O)=O. The molecule has 0 aromatic rings. The van der Waals surface area contributed by atoms with E-state index in [2.05, 4.69) is 5.32 Å². The van der Waals surface area contributed by atoms with Crippen LogP contribution in [0.15, 0.2) is 0 Å². The highest BCUT2D eigenvalue weighted by molar-refractivity contribution is 7.91. The van der Waals surface area contributed by atoms with Crippen LogP contribution in [0.1, 0.15) is 6.92 Å². The number of sulfone groups is 1. The highest BCUT2D eigenvalue weighted by atomic mass is 32.2. The molecule has 0 saturated heterocycles. The van der Waals surface area contributed by atoms with Gasteiger partial charge in [0, 0.05) is 12.8 Å². The summed E-state index contributed by atoms with van der Waals surface area (Å²) in [6.07, 6.45) is 1.25. The smallest absolute Gasteiger partial charge is 0.151 e. The minimum atomic E-state index is -2.83. The van der Waals surface area contributed by atoms with Gasteiger partial charge in [0.25, 0.3) is 0 Å². The second-order valence-electron chi connectivity index (χ2n) is 2.20. The summed E-state index contributed by atoms with van der Waals surface area (Å²) in [4.78, 5) is 0. The molecular formula is C5H13NO2S. The van der Waals surface area contributed by atoms with Crippen LogP contribution >= 0.6 is 0 Å². The Morgan fingerprint density at radius 3 is 2.11 bits per heavy atom. The zero-order chi connectivity index (χ0) is 7.49. The van der Waals surface area contributed by atoms with Crippen LogP contribution in [-0.2, 0) is 9.84 Å². The predicted molar refractivity (Wildman–Crippen MR) is 38.2 cm³/mol. The molecule has 0 aliphatic rings. The first-order valence-electron chi connectivity index (χ1n) is 2.82. The lowest BCUT2D eigenvalue weighted by molar-refractivity contribution is 0.584. The van der Waals surface area contributed by atoms with Crippen LogP contribution < -0.4 is 5.32 Å². The minimum absolute atomic E-state index is 0.275. The molecule has 0 spiro atoms. The third-order valence-electron chi connectivity index (χ3n) is 1.22. The predicted octanol–water partition coefficient (Wildman–Crippen LogP) is -0.361. The highest BCUT2D eigenvalue weighted by Gasteiger charge is 2.12. The van der Waals surface area contributed by atoms with Crippen molar-refractivity contribution < 1.29 is 8.42 Å². The Morgan fingerprint density at radius 2 is 2.00 bits per heavy atom. The molecule has 1 unspecified atom stereocenters. The molecule has 0 aromatic carbocycles. The largest absolute Gasteiger partial charge is 0.318 e. The van der Waals surface area contributed by atoms with Crippen LogP contribution in [0.3, 0.4) is 0 Å². The van der Waals surface area contributed by atoms with Crippen LogP contribution in [0.25, 0.3) is 0 Å². The molecule has 0 heterocycles. The van der Waals surface area contributed by atoms with Gasteiger partial charge < -0.3 is 5.32 Å². The molecule has 0 bridgehead atoms. The molecule has 0 fully saturated rings. The summed E-state index contributed by atoms with van der Waals surface area (Å²) in [6, 6.07) is 0. The van der Waals surface area contributed by atoms with Gasteiger partial charge in [-0.25, -0.2) is 8.42 Å². The number of nitrogens with one attached hydrogen (secondary N) is 1. The van der Waals surface area contributed by atoms with E-state index in [0.717, 1.165) is 0 Å². The van der Waals surface area contributed by atoms with Gasteiger partial charge in [0.2, 0.25) is 0 Å². The van der Waals surface area contributed by atoms with Crippen LogP contribution in [0, 0.1) is 0 Å². The summed E-state index contributed by atoms with van der Waals surface area (Å²) in [6.45, 7) is 2.21. The van der Waals surface area contributed by atoms with E-state index in [4.69, 9.17) is 0 Å². The lowest BCUT2D eigenvalue weighted by Crippen LogP contribution is -2.27. The molecule has 0 aliphatic carbocycles. The molecule has 9 heavy (non-hydrogen) atoms. The Morgan fingerprint density at radius 1 is 1.56 bits per heavy atom. The topological polar surface area (TPSA) is 46.2 Å². The maximum absolute atomic E-state index is 10.7. The lowest BCUT2D eigenvalue weighted by atomic mass is 10.5. The third kappa shape index (κ3) is 3.48.